The van der Waals surface area contributed by atoms with E-state index >= 15 is 0 Å². The Bertz CT molecular complexity index is 973. The van der Waals surface area contributed by atoms with Crippen LogP contribution in [-0.4, -0.2) is 67.4 Å². The summed E-state index contributed by atoms with van der Waals surface area (Å²) in [5.74, 6) is -0.433. The van der Waals surface area contributed by atoms with Crippen molar-refractivity contribution in [2.75, 3.05) is 41.3 Å². The second-order valence-corrected chi connectivity index (χ2v) is 6.70. The van der Waals surface area contributed by atoms with Crippen molar-refractivity contribution in [2.45, 2.75) is 0 Å². The molecule has 1 amide bonds. The minimum absolute atomic E-state index is 0.0835. The van der Waals surface area contributed by atoms with Crippen molar-refractivity contribution in [3.8, 4) is 0 Å². The van der Waals surface area contributed by atoms with E-state index in [1.54, 1.807) is 32.4 Å². The Labute approximate surface area is 152 Å². The van der Waals surface area contributed by atoms with Gasteiger partial charge in [-0.3, -0.25) is 4.79 Å². The van der Waals surface area contributed by atoms with Gasteiger partial charge in [0.1, 0.15) is 6.61 Å². The first kappa shape index (κ1) is 17.9. The van der Waals surface area contributed by atoms with Crippen molar-refractivity contribution in [1.29, 1.82) is 0 Å². The highest BCUT2D eigenvalue weighted by Gasteiger charge is 2.20. The van der Waals surface area contributed by atoms with Crippen LogP contribution in [0.2, 0.25) is 0 Å². The summed E-state index contributed by atoms with van der Waals surface area (Å²) in [5.41, 5.74) is 2.70. The molecule has 0 spiro atoms. The van der Waals surface area contributed by atoms with Crippen LogP contribution in [0.1, 0.15) is 20.7 Å². The average Bonchev–Trinajstić information content (AvgIpc) is 2.94. The second kappa shape index (κ2) is 7.17. The Hall–Kier alpha value is -2.86. The van der Waals surface area contributed by atoms with Crippen LogP contribution in [0.3, 0.4) is 0 Å². The highest BCUT2D eigenvalue weighted by atomic mass is 16.5. The Balaban J connectivity index is 2.10. The molecular weight excluding hydrogens is 330 g/mol. The first-order valence-electron chi connectivity index (χ1n) is 8.46. The van der Waals surface area contributed by atoms with E-state index in [2.05, 4.69) is 0 Å². The number of hydrogen-bond donors (Lipinski definition) is 0. The van der Waals surface area contributed by atoms with Crippen molar-refractivity contribution in [3.05, 3.63) is 53.7 Å². The maximum atomic E-state index is 12.7. The molecule has 0 saturated heterocycles. The molecule has 2 heterocycles. The average molecular weight is 353 g/mol. The van der Waals surface area contributed by atoms with Gasteiger partial charge in [-0.25, -0.2) is 4.79 Å². The number of amides is 1. The van der Waals surface area contributed by atoms with Crippen molar-refractivity contribution in [3.63, 3.8) is 0 Å². The van der Waals surface area contributed by atoms with Crippen LogP contribution in [0.15, 0.2) is 42.6 Å². The monoisotopic (exact) mass is 353 g/mol. The number of nitrogens with zero attached hydrogens (tertiary/aromatic N) is 3. The summed E-state index contributed by atoms with van der Waals surface area (Å²) in [6.07, 6.45) is 1.77. The van der Waals surface area contributed by atoms with Gasteiger partial charge in [-0.15, -0.1) is 0 Å². The molecule has 6 heteroatoms. The number of pyridine rings is 1. The minimum atomic E-state index is -0.350. The molecule has 0 fully saturated rings. The molecule has 6 nitrogen and oxygen atoms in total. The zero-order valence-electron chi connectivity index (χ0n) is 15.5. The summed E-state index contributed by atoms with van der Waals surface area (Å²) in [4.78, 5) is 28.5. The van der Waals surface area contributed by atoms with Crippen LogP contribution in [0.4, 0.5) is 0 Å². The standard InChI is InChI=1S/C20H23N3O3/c1-21(2)11-12-26-20(25)18-15-7-5-6-8-16(15)23-13-14(9-10-17(18)23)19(24)22(3)4/h5-10,13H,11-12H2,1-4H3. The number of benzene rings is 1. The van der Waals surface area contributed by atoms with Gasteiger partial charge in [0, 0.05) is 32.2 Å². The first-order valence-corrected chi connectivity index (χ1v) is 8.46. The quantitative estimate of drug-likeness (QED) is 0.662. The number of carbonyl (C=O) groups excluding carboxylic acids is 2. The summed E-state index contributed by atoms with van der Waals surface area (Å²) >= 11 is 0. The fourth-order valence-electron chi connectivity index (χ4n) is 2.93. The third-order valence-corrected chi connectivity index (χ3v) is 4.27. The predicted octanol–water partition coefficient (Wildman–Crippen LogP) is 2.51. The van der Waals surface area contributed by atoms with E-state index in [-0.39, 0.29) is 11.9 Å². The highest BCUT2D eigenvalue weighted by Crippen LogP contribution is 2.28. The fraction of sp³-hybridized carbons (Fsp3) is 0.300. The molecular formula is C20H23N3O3. The first-order chi connectivity index (χ1) is 12.4. The van der Waals surface area contributed by atoms with E-state index in [1.807, 2.05) is 47.7 Å². The maximum Gasteiger partial charge on any atom is 0.341 e. The van der Waals surface area contributed by atoms with E-state index in [0.717, 1.165) is 16.4 Å². The van der Waals surface area contributed by atoms with Gasteiger partial charge >= 0.3 is 5.97 Å². The van der Waals surface area contributed by atoms with Gasteiger partial charge in [0.2, 0.25) is 0 Å². The van der Waals surface area contributed by atoms with E-state index in [4.69, 9.17) is 4.74 Å². The molecule has 26 heavy (non-hydrogen) atoms. The SMILES string of the molecule is CN(C)CCOC(=O)c1c2ccccc2n2cc(C(=O)N(C)C)ccc12. The van der Waals surface area contributed by atoms with Crippen LogP contribution >= 0.6 is 0 Å². The van der Waals surface area contributed by atoms with Crippen molar-refractivity contribution in [2.24, 2.45) is 0 Å². The van der Waals surface area contributed by atoms with Crippen LogP contribution in [0, 0.1) is 0 Å². The zero-order chi connectivity index (χ0) is 18.8. The normalized spacial score (nSPS) is 11.3. The van der Waals surface area contributed by atoms with Crippen molar-refractivity contribution in [1.82, 2.24) is 14.2 Å². The lowest BCUT2D eigenvalue weighted by atomic mass is 10.1. The lowest BCUT2D eigenvalue weighted by molar-refractivity contribution is 0.0486. The molecule has 3 rings (SSSR count). The second-order valence-electron chi connectivity index (χ2n) is 6.70. The van der Waals surface area contributed by atoms with E-state index in [0.29, 0.717) is 24.3 Å². The number of para-hydroxylation sites is 1. The number of rotatable bonds is 5. The zero-order valence-corrected chi connectivity index (χ0v) is 15.5. The van der Waals surface area contributed by atoms with Crippen LogP contribution in [0.25, 0.3) is 16.4 Å². The molecule has 0 aliphatic rings. The van der Waals surface area contributed by atoms with Gasteiger partial charge in [0.15, 0.2) is 0 Å². The predicted molar refractivity (Wildman–Crippen MR) is 102 cm³/mol. The number of aromatic nitrogens is 1. The largest absolute Gasteiger partial charge is 0.461 e. The van der Waals surface area contributed by atoms with Crippen molar-refractivity contribution < 1.29 is 14.3 Å². The van der Waals surface area contributed by atoms with Crippen LogP contribution in [-0.2, 0) is 4.74 Å². The molecule has 1 aromatic carbocycles. The number of fused-ring (bicyclic) bond motifs is 3. The fourth-order valence-corrected chi connectivity index (χ4v) is 2.93. The van der Waals surface area contributed by atoms with Gasteiger partial charge < -0.3 is 18.9 Å². The number of hydrogen-bond acceptors (Lipinski definition) is 4. The number of likely N-dealkylation sites (N-methyl/N-ethyl adjacent to an activating group) is 1. The molecule has 0 saturated carbocycles. The third kappa shape index (κ3) is 3.28. The summed E-state index contributed by atoms with van der Waals surface area (Å²) in [6, 6.07) is 11.2. The van der Waals surface area contributed by atoms with Gasteiger partial charge in [-0.2, -0.15) is 0 Å². The van der Waals surface area contributed by atoms with Crippen LogP contribution in [0.5, 0.6) is 0 Å². The highest BCUT2D eigenvalue weighted by molar-refractivity contribution is 6.12. The minimum Gasteiger partial charge on any atom is -0.461 e. The topological polar surface area (TPSA) is 54.3 Å². The maximum absolute atomic E-state index is 12.7. The summed E-state index contributed by atoms with van der Waals surface area (Å²) in [7, 11) is 7.29. The van der Waals surface area contributed by atoms with Crippen molar-refractivity contribution >= 4 is 28.3 Å². The van der Waals surface area contributed by atoms with Gasteiger partial charge in [0.05, 0.1) is 22.2 Å². The molecule has 0 bridgehead atoms. The molecule has 2 aromatic heterocycles. The van der Waals surface area contributed by atoms with Crippen LogP contribution < -0.4 is 0 Å². The summed E-state index contributed by atoms with van der Waals surface area (Å²) in [5, 5.41) is 0.816. The van der Waals surface area contributed by atoms with Gasteiger partial charge in [0.25, 0.3) is 5.91 Å². The third-order valence-electron chi connectivity index (χ3n) is 4.27. The molecule has 0 unspecified atom stereocenters. The summed E-state index contributed by atoms with van der Waals surface area (Å²) in [6.45, 7) is 0.992. The van der Waals surface area contributed by atoms with E-state index in [9.17, 15) is 9.59 Å². The van der Waals surface area contributed by atoms with E-state index in [1.165, 1.54) is 4.90 Å². The lowest BCUT2D eigenvalue weighted by Crippen LogP contribution is -2.22. The van der Waals surface area contributed by atoms with E-state index < -0.39 is 0 Å². The Morgan fingerprint density at radius 3 is 2.42 bits per heavy atom. The number of ether oxygens (including phenoxy) is 1. The lowest BCUT2D eigenvalue weighted by Gasteiger charge is -2.11. The molecule has 0 aliphatic carbocycles. The molecule has 0 atom stereocenters. The van der Waals surface area contributed by atoms with Gasteiger partial charge in [-0.05, 0) is 32.3 Å². The molecule has 136 valence electrons. The Kier molecular flexibility index (Phi) is 4.95. The molecule has 0 aliphatic heterocycles. The smallest absolute Gasteiger partial charge is 0.341 e. The number of carbonyl (C=O) groups is 2. The summed E-state index contributed by atoms with van der Waals surface area (Å²) < 4.78 is 7.34. The Morgan fingerprint density at radius 1 is 1.00 bits per heavy atom. The molecule has 0 radical (unpaired) electrons. The van der Waals surface area contributed by atoms with Gasteiger partial charge in [-0.1, -0.05) is 18.2 Å². The number of esters is 1. The molecule has 3 aromatic rings. The Morgan fingerprint density at radius 2 is 1.73 bits per heavy atom. The molecule has 0 N–H and O–H groups in total.